The maximum Gasteiger partial charge on any atom is 0.112 e. The van der Waals surface area contributed by atoms with E-state index in [-0.39, 0.29) is 12.1 Å². The molecule has 1 heterocycles. The molecule has 1 aromatic heterocycles. The molecule has 2 rings (SSSR count). The summed E-state index contributed by atoms with van der Waals surface area (Å²) in [6.45, 7) is 6.80. The number of ether oxygens (including phenoxy) is 1. The van der Waals surface area contributed by atoms with Gasteiger partial charge in [-0.15, -0.1) is 0 Å². The molecular formula is C12H19BrN2O2. The molecule has 1 saturated carbocycles. The van der Waals surface area contributed by atoms with Gasteiger partial charge in [-0.05, 0) is 36.7 Å². The molecule has 0 amide bonds. The molecule has 0 saturated heterocycles. The Morgan fingerprint density at radius 2 is 2.29 bits per heavy atom. The van der Waals surface area contributed by atoms with E-state index in [1.807, 2.05) is 11.6 Å². The standard InChI is InChI=1S/C12H19BrN2O2/c1-4-17-9-5-12(16,6-9)11-10(13)7-14-15(11)8(2)3/h7-9,16H,4-6H2,1-3H3. The highest BCUT2D eigenvalue weighted by atomic mass is 79.9. The summed E-state index contributed by atoms with van der Waals surface area (Å²) in [5, 5.41) is 14.9. The van der Waals surface area contributed by atoms with Crippen LogP contribution in [-0.2, 0) is 10.3 Å². The molecule has 0 bridgehead atoms. The molecule has 1 N–H and O–H groups in total. The first kappa shape index (κ1) is 13.1. The van der Waals surface area contributed by atoms with Gasteiger partial charge in [0, 0.05) is 25.5 Å². The van der Waals surface area contributed by atoms with Crippen molar-refractivity contribution < 1.29 is 9.84 Å². The van der Waals surface area contributed by atoms with Crippen LogP contribution in [0.1, 0.15) is 45.3 Å². The molecule has 1 aromatic rings. The first-order valence-corrected chi connectivity index (χ1v) is 6.84. The lowest BCUT2D eigenvalue weighted by molar-refractivity contribution is -0.147. The fourth-order valence-electron chi connectivity index (χ4n) is 2.41. The van der Waals surface area contributed by atoms with Crippen molar-refractivity contribution in [1.82, 2.24) is 9.78 Å². The smallest absolute Gasteiger partial charge is 0.112 e. The number of hydrogen-bond acceptors (Lipinski definition) is 3. The zero-order chi connectivity index (χ0) is 12.6. The molecule has 17 heavy (non-hydrogen) atoms. The first-order valence-electron chi connectivity index (χ1n) is 6.05. The number of nitrogens with zero attached hydrogens (tertiary/aromatic N) is 2. The van der Waals surface area contributed by atoms with E-state index in [4.69, 9.17) is 4.74 Å². The zero-order valence-corrected chi connectivity index (χ0v) is 12.1. The maximum absolute atomic E-state index is 10.6. The molecule has 5 heteroatoms. The molecule has 0 unspecified atom stereocenters. The highest BCUT2D eigenvalue weighted by Crippen LogP contribution is 2.45. The van der Waals surface area contributed by atoms with Crippen molar-refractivity contribution in [2.75, 3.05) is 6.61 Å². The third-order valence-corrected chi connectivity index (χ3v) is 3.79. The largest absolute Gasteiger partial charge is 0.383 e. The van der Waals surface area contributed by atoms with Gasteiger partial charge < -0.3 is 9.84 Å². The summed E-state index contributed by atoms with van der Waals surface area (Å²) in [6.07, 6.45) is 3.23. The molecule has 96 valence electrons. The van der Waals surface area contributed by atoms with Crippen LogP contribution in [0.15, 0.2) is 10.7 Å². The van der Waals surface area contributed by atoms with E-state index in [0.717, 1.165) is 10.2 Å². The fraction of sp³-hybridized carbons (Fsp3) is 0.750. The molecule has 0 atom stereocenters. The molecule has 0 spiro atoms. The summed E-state index contributed by atoms with van der Waals surface area (Å²) in [6, 6.07) is 0.242. The molecule has 0 aliphatic heterocycles. The Hall–Kier alpha value is -0.390. The summed E-state index contributed by atoms with van der Waals surface area (Å²) in [5.41, 5.74) is 0.0860. The van der Waals surface area contributed by atoms with Crippen LogP contribution in [0.25, 0.3) is 0 Å². The predicted octanol–water partition coefficient (Wildman–Crippen LogP) is 2.61. The van der Waals surface area contributed by atoms with E-state index in [1.165, 1.54) is 0 Å². The molecule has 4 nitrogen and oxygen atoms in total. The minimum Gasteiger partial charge on any atom is -0.383 e. The van der Waals surface area contributed by atoms with Gasteiger partial charge in [-0.1, -0.05) is 0 Å². The Labute approximate surface area is 110 Å². The normalized spacial score (nSPS) is 28.5. The van der Waals surface area contributed by atoms with Gasteiger partial charge in [-0.25, -0.2) is 0 Å². The summed E-state index contributed by atoms with van der Waals surface area (Å²) in [4.78, 5) is 0. The van der Waals surface area contributed by atoms with Crippen molar-refractivity contribution in [2.45, 2.75) is 51.4 Å². The average molecular weight is 303 g/mol. The lowest BCUT2D eigenvalue weighted by Gasteiger charge is -2.43. The molecule has 1 aliphatic rings. The second kappa shape index (κ2) is 4.71. The van der Waals surface area contributed by atoms with Crippen LogP contribution in [0, 0.1) is 0 Å². The lowest BCUT2D eigenvalue weighted by atomic mass is 9.75. The number of aliphatic hydroxyl groups is 1. The van der Waals surface area contributed by atoms with Crippen molar-refractivity contribution >= 4 is 15.9 Å². The number of hydrogen-bond donors (Lipinski definition) is 1. The van der Waals surface area contributed by atoms with Crippen LogP contribution >= 0.6 is 15.9 Å². The quantitative estimate of drug-likeness (QED) is 0.930. The predicted molar refractivity (Wildman–Crippen MR) is 68.9 cm³/mol. The van der Waals surface area contributed by atoms with Crippen LogP contribution in [0.3, 0.4) is 0 Å². The summed E-state index contributed by atoms with van der Waals surface area (Å²) in [7, 11) is 0. The van der Waals surface area contributed by atoms with Crippen LogP contribution in [0.2, 0.25) is 0 Å². The van der Waals surface area contributed by atoms with Crippen molar-refractivity contribution in [3.8, 4) is 0 Å². The minimum atomic E-state index is -0.792. The first-order chi connectivity index (χ1) is 7.98. The topological polar surface area (TPSA) is 47.3 Å². The van der Waals surface area contributed by atoms with E-state index in [1.54, 1.807) is 6.20 Å². The highest BCUT2D eigenvalue weighted by Gasteiger charge is 2.48. The Bertz CT molecular complexity index is 397. The van der Waals surface area contributed by atoms with Gasteiger partial charge in [-0.2, -0.15) is 5.10 Å². The average Bonchev–Trinajstić information content (AvgIpc) is 2.58. The van der Waals surface area contributed by atoms with Gasteiger partial charge in [0.2, 0.25) is 0 Å². The van der Waals surface area contributed by atoms with Gasteiger partial charge >= 0.3 is 0 Å². The summed E-state index contributed by atoms with van der Waals surface area (Å²) in [5.74, 6) is 0. The number of rotatable bonds is 4. The minimum absolute atomic E-state index is 0.174. The molecular weight excluding hydrogens is 284 g/mol. The van der Waals surface area contributed by atoms with Gasteiger partial charge in [0.05, 0.1) is 22.5 Å². The SMILES string of the molecule is CCOC1CC(O)(c2c(Br)cnn2C(C)C)C1. The summed E-state index contributed by atoms with van der Waals surface area (Å²) < 4.78 is 8.27. The van der Waals surface area contributed by atoms with Crippen LogP contribution in [0.5, 0.6) is 0 Å². The number of halogens is 1. The molecule has 1 fully saturated rings. The van der Waals surface area contributed by atoms with E-state index >= 15 is 0 Å². The Morgan fingerprint density at radius 3 is 2.82 bits per heavy atom. The van der Waals surface area contributed by atoms with E-state index < -0.39 is 5.60 Å². The second-order valence-electron chi connectivity index (χ2n) is 4.90. The van der Waals surface area contributed by atoms with Crippen molar-refractivity contribution in [1.29, 1.82) is 0 Å². The van der Waals surface area contributed by atoms with Gasteiger partial charge in [-0.3, -0.25) is 4.68 Å². The van der Waals surface area contributed by atoms with E-state index in [9.17, 15) is 5.11 Å². The van der Waals surface area contributed by atoms with Crippen LogP contribution < -0.4 is 0 Å². The Balaban J connectivity index is 2.21. The van der Waals surface area contributed by atoms with Crippen molar-refractivity contribution in [2.24, 2.45) is 0 Å². The van der Waals surface area contributed by atoms with Crippen molar-refractivity contribution in [3.05, 3.63) is 16.4 Å². The fourth-order valence-corrected chi connectivity index (χ4v) is 3.05. The maximum atomic E-state index is 10.6. The third kappa shape index (κ3) is 2.28. The van der Waals surface area contributed by atoms with Crippen molar-refractivity contribution in [3.63, 3.8) is 0 Å². The third-order valence-electron chi connectivity index (χ3n) is 3.21. The van der Waals surface area contributed by atoms with Crippen LogP contribution in [-0.4, -0.2) is 27.6 Å². The van der Waals surface area contributed by atoms with Gasteiger partial charge in [0.1, 0.15) is 5.60 Å². The molecule has 0 aromatic carbocycles. The van der Waals surface area contributed by atoms with E-state index in [2.05, 4.69) is 34.9 Å². The van der Waals surface area contributed by atoms with Crippen LogP contribution in [0.4, 0.5) is 0 Å². The molecule has 1 aliphatic carbocycles. The lowest BCUT2D eigenvalue weighted by Crippen LogP contribution is -2.47. The monoisotopic (exact) mass is 302 g/mol. The second-order valence-corrected chi connectivity index (χ2v) is 5.75. The Morgan fingerprint density at radius 1 is 1.65 bits per heavy atom. The molecule has 0 radical (unpaired) electrons. The number of aromatic nitrogens is 2. The van der Waals surface area contributed by atoms with Gasteiger partial charge in [0.15, 0.2) is 0 Å². The van der Waals surface area contributed by atoms with Gasteiger partial charge in [0.25, 0.3) is 0 Å². The highest BCUT2D eigenvalue weighted by molar-refractivity contribution is 9.10. The summed E-state index contributed by atoms with van der Waals surface area (Å²) >= 11 is 3.47. The van der Waals surface area contributed by atoms with E-state index in [0.29, 0.717) is 19.4 Å². The Kier molecular flexibility index (Phi) is 3.61. The zero-order valence-electron chi connectivity index (χ0n) is 10.5.